The van der Waals surface area contributed by atoms with Gasteiger partial charge < -0.3 is 20.7 Å². The van der Waals surface area contributed by atoms with Gasteiger partial charge in [-0.15, -0.1) is 5.10 Å². The lowest BCUT2D eigenvalue weighted by atomic mass is 9.95. The fourth-order valence-electron chi connectivity index (χ4n) is 5.43. The van der Waals surface area contributed by atoms with Crippen LogP contribution in [0, 0.1) is 5.82 Å². The summed E-state index contributed by atoms with van der Waals surface area (Å²) in [5.74, 6) is -0.477. The molecule has 0 atom stereocenters. The molecule has 2 fully saturated rings. The van der Waals surface area contributed by atoms with Crippen molar-refractivity contribution in [1.29, 1.82) is 0 Å². The van der Waals surface area contributed by atoms with Crippen LogP contribution in [0.1, 0.15) is 48.2 Å². The van der Waals surface area contributed by atoms with E-state index < -0.39 is 11.7 Å². The molecule has 1 aliphatic carbocycles. The first-order chi connectivity index (χ1) is 20.1. The van der Waals surface area contributed by atoms with E-state index in [2.05, 4.69) is 55.1 Å². The van der Waals surface area contributed by atoms with E-state index >= 15 is 0 Å². The average Bonchev–Trinajstić information content (AvgIpc) is 3.44. The van der Waals surface area contributed by atoms with E-state index in [-0.39, 0.29) is 11.4 Å². The van der Waals surface area contributed by atoms with Crippen LogP contribution in [0.5, 0.6) is 0 Å². The molecule has 0 unspecified atom stereocenters. The van der Waals surface area contributed by atoms with Gasteiger partial charge in [0.2, 0.25) is 0 Å². The van der Waals surface area contributed by atoms with Crippen LogP contribution < -0.4 is 16.0 Å². The molecular weight excluding hydrogens is 523 g/mol. The third-order valence-corrected chi connectivity index (χ3v) is 7.73. The number of fused-ring (bicyclic) bond motifs is 1. The van der Waals surface area contributed by atoms with Crippen molar-refractivity contribution >= 4 is 34.4 Å². The number of halogens is 1. The standard InChI is InChI=1S/C30H35FN8O2/c31-24-19-32-12-10-25(24)36-30(40)27-20-33-29-26(18-28(37-39(27)29)35-22-4-2-1-3-5-22)34-23-8-6-21(7-9-23)11-13-38-14-16-41-17-15-38/h6-10,12,18-20,22,34H,1-5,11,13-17H2,(H,35,37)(H,32,36,40). The van der Waals surface area contributed by atoms with Gasteiger partial charge >= 0.3 is 0 Å². The van der Waals surface area contributed by atoms with E-state index in [1.54, 1.807) is 0 Å². The zero-order chi connectivity index (χ0) is 28.0. The number of amides is 1. The number of nitrogens with one attached hydrogen (secondary N) is 3. The summed E-state index contributed by atoms with van der Waals surface area (Å²) in [4.78, 5) is 23.9. The third-order valence-electron chi connectivity index (χ3n) is 7.73. The first-order valence-electron chi connectivity index (χ1n) is 14.3. The van der Waals surface area contributed by atoms with Crippen LogP contribution in [0.2, 0.25) is 0 Å². The van der Waals surface area contributed by atoms with Crippen LogP contribution >= 0.6 is 0 Å². The van der Waals surface area contributed by atoms with Gasteiger partial charge in [0.15, 0.2) is 17.2 Å². The fourth-order valence-corrected chi connectivity index (χ4v) is 5.43. The smallest absolute Gasteiger partial charge is 0.276 e. The van der Waals surface area contributed by atoms with Crippen LogP contribution in [0.4, 0.5) is 27.3 Å². The Bertz CT molecular complexity index is 1480. The van der Waals surface area contributed by atoms with E-state index in [4.69, 9.17) is 9.84 Å². The molecule has 0 radical (unpaired) electrons. The molecule has 4 heterocycles. The fraction of sp³-hybridized carbons (Fsp3) is 0.400. The van der Waals surface area contributed by atoms with E-state index in [9.17, 15) is 9.18 Å². The molecule has 1 aliphatic heterocycles. The zero-order valence-electron chi connectivity index (χ0n) is 23.0. The number of benzene rings is 1. The Hall–Kier alpha value is -4.09. The number of nitrogens with zero attached hydrogens (tertiary/aromatic N) is 5. The Labute approximate surface area is 238 Å². The lowest BCUT2D eigenvalue weighted by molar-refractivity contribution is 0.0384. The Morgan fingerprint density at radius 3 is 2.61 bits per heavy atom. The quantitative estimate of drug-likeness (QED) is 0.267. The van der Waals surface area contributed by atoms with Gasteiger partial charge in [0.05, 0.1) is 37.0 Å². The highest BCUT2D eigenvalue weighted by Gasteiger charge is 2.20. The minimum absolute atomic E-state index is 0.0449. The maximum atomic E-state index is 14.2. The lowest BCUT2D eigenvalue weighted by Crippen LogP contribution is -2.37. The van der Waals surface area contributed by atoms with E-state index in [0.29, 0.717) is 23.2 Å². The molecule has 10 nitrogen and oxygen atoms in total. The Morgan fingerprint density at radius 1 is 1.02 bits per heavy atom. The monoisotopic (exact) mass is 558 g/mol. The van der Waals surface area contributed by atoms with Crippen molar-refractivity contribution in [2.75, 3.05) is 48.8 Å². The molecule has 11 heteroatoms. The van der Waals surface area contributed by atoms with Crippen LogP contribution in [-0.4, -0.2) is 69.3 Å². The molecule has 1 saturated heterocycles. The van der Waals surface area contributed by atoms with Crippen LogP contribution in [0.15, 0.2) is 55.0 Å². The third kappa shape index (κ3) is 6.63. The first-order valence-corrected chi connectivity index (χ1v) is 14.3. The van der Waals surface area contributed by atoms with Gasteiger partial charge in [0.25, 0.3) is 5.91 Å². The highest BCUT2D eigenvalue weighted by atomic mass is 19.1. The average molecular weight is 559 g/mol. The summed E-state index contributed by atoms with van der Waals surface area (Å²) in [6.45, 7) is 4.59. The van der Waals surface area contributed by atoms with Gasteiger partial charge in [-0.3, -0.25) is 14.7 Å². The molecule has 3 aromatic heterocycles. The van der Waals surface area contributed by atoms with E-state index in [0.717, 1.165) is 64.0 Å². The molecular formula is C30H35FN8O2. The van der Waals surface area contributed by atoms with Crippen molar-refractivity contribution in [3.8, 4) is 0 Å². The summed E-state index contributed by atoms with van der Waals surface area (Å²) in [6.07, 6.45) is 10.7. The zero-order valence-corrected chi connectivity index (χ0v) is 23.0. The number of imidazole rings is 1. The van der Waals surface area contributed by atoms with Gasteiger partial charge in [-0.1, -0.05) is 31.4 Å². The molecule has 0 spiro atoms. The molecule has 1 saturated carbocycles. The molecule has 2 aliphatic rings. The van der Waals surface area contributed by atoms with Crippen molar-refractivity contribution < 1.29 is 13.9 Å². The SMILES string of the molecule is O=C(Nc1ccncc1F)c1cnc2c(Nc3ccc(CCN4CCOCC4)cc3)cc(NC3CCCCC3)nn12. The topological polar surface area (TPSA) is 109 Å². The molecule has 6 rings (SSSR count). The first kappa shape index (κ1) is 27.1. The number of aromatic nitrogens is 4. The highest BCUT2D eigenvalue weighted by Crippen LogP contribution is 2.27. The van der Waals surface area contributed by atoms with E-state index in [1.165, 1.54) is 47.8 Å². The summed E-state index contributed by atoms with van der Waals surface area (Å²) in [5, 5.41) is 14.4. The van der Waals surface area contributed by atoms with Crippen molar-refractivity contribution in [2.45, 2.75) is 44.6 Å². The van der Waals surface area contributed by atoms with Gasteiger partial charge in [0.1, 0.15) is 5.82 Å². The molecule has 4 aromatic rings. The van der Waals surface area contributed by atoms with Crippen LogP contribution in [-0.2, 0) is 11.2 Å². The van der Waals surface area contributed by atoms with Crippen LogP contribution in [0.25, 0.3) is 5.65 Å². The molecule has 1 aromatic carbocycles. The summed E-state index contributed by atoms with van der Waals surface area (Å²) in [6, 6.07) is 12.1. The van der Waals surface area contributed by atoms with Crippen molar-refractivity contribution in [3.63, 3.8) is 0 Å². The Kier molecular flexibility index (Phi) is 8.33. The summed E-state index contributed by atoms with van der Waals surface area (Å²) in [7, 11) is 0. The second kappa shape index (κ2) is 12.6. The normalized spacial score (nSPS) is 16.5. The number of pyridine rings is 1. The minimum atomic E-state index is -0.613. The van der Waals surface area contributed by atoms with Gasteiger partial charge in [-0.2, -0.15) is 0 Å². The van der Waals surface area contributed by atoms with Crippen molar-refractivity contribution in [2.24, 2.45) is 0 Å². The van der Waals surface area contributed by atoms with Gasteiger partial charge in [-0.05, 0) is 43.0 Å². The molecule has 214 valence electrons. The molecule has 3 N–H and O–H groups in total. The molecule has 0 bridgehead atoms. The predicted molar refractivity (Wildman–Crippen MR) is 156 cm³/mol. The number of rotatable bonds is 9. The summed E-state index contributed by atoms with van der Waals surface area (Å²) >= 11 is 0. The number of ether oxygens (including phenoxy) is 1. The maximum Gasteiger partial charge on any atom is 0.276 e. The molecule has 1 amide bonds. The summed E-state index contributed by atoms with van der Waals surface area (Å²) in [5.41, 5.74) is 3.63. The number of morpholine rings is 1. The lowest BCUT2D eigenvalue weighted by Gasteiger charge is -2.26. The number of carbonyl (C=O) groups is 1. The second-order valence-corrected chi connectivity index (χ2v) is 10.6. The number of hydrogen-bond donors (Lipinski definition) is 3. The van der Waals surface area contributed by atoms with Gasteiger partial charge in [-0.25, -0.2) is 13.9 Å². The van der Waals surface area contributed by atoms with E-state index in [1.807, 2.05) is 6.07 Å². The highest BCUT2D eigenvalue weighted by molar-refractivity contribution is 6.03. The molecule has 41 heavy (non-hydrogen) atoms. The number of carbonyl (C=O) groups excluding carboxylic acids is 1. The van der Waals surface area contributed by atoms with Crippen molar-refractivity contribution in [3.05, 3.63) is 72.1 Å². The van der Waals surface area contributed by atoms with Crippen LogP contribution in [0.3, 0.4) is 0 Å². The van der Waals surface area contributed by atoms with Crippen molar-refractivity contribution in [1.82, 2.24) is 24.5 Å². The second-order valence-electron chi connectivity index (χ2n) is 10.6. The number of hydrogen-bond acceptors (Lipinski definition) is 8. The Morgan fingerprint density at radius 2 is 1.83 bits per heavy atom. The summed E-state index contributed by atoms with van der Waals surface area (Å²) < 4.78 is 21.1. The van der Waals surface area contributed by atoms with Gasteiger partial charge in [0, 0.05) is 43.6 Å². The largest absolute Gasteiger partial charge is 0.379 e. The predicted octanol–water partition coefficient (Wildman–Crippen LogP) is 4.88. The number of anilines is 4. The minimum Gasteiger partial charge on any atom is -0.379 e. The maximum absolute atomic E-state index is 14.2. The Balaban J connectivity index is 1.24.